The average Bonchev–Trinajstić information content (AvgIpc) is 2.96. The molecular formula is C6H14N3OPS. The fraction of sp³-hybridized carbons (Fsp3) is 1.00. The summed E-state index contributed by atoms with van der Waals surface area (Å²) in [6, 6.07) is 0. The van der Waals surface area contributed by atoms with Crippen molar-refractivity contribution in [3.8, 4) is 0 Å². The number of nitrogens with one attached hydrogen (secondary N) is 1. The Morgan fingerprint density at radius 2 is 1.92 bits per heavy atom. The van der Waals surface area contributed by atoms with Crippen LogP contribution >= 0.6 is 6.49 Å². The molecule has 4 nitrogen and oxygen atoms in total. The Balaban J connectivity index is 2.15. The van der Waals surface area contributed by atoms with E-state index in [0.717, 1.165) is 26.2 Å². The molecule has 0 radical (unpaired) electrons. The topological polar surface area (TPSA) is 38.3 Å². The Hall–Kier alpha value is 0.490. The molecule has 2 N–H and O–H groups in total. The standard InChI is InChI=1S/C6H14N3OPS/c10-6-1-7-11(12,8-2-3-8)9-4-5-9/h10H,1-6H2,(H,7,12)/i1D2,6D2. The molecule has 2 aliphatic rings. The third-order valence-corrected chi connectivity index (χ3v) is 6.27. The fourth-order valence-electron chi connectivity index (χ4n) is 1.05. The number of aliphatic hydroxyl groups is 1. The Morgan fingerprint density at radius 1 is 1.42 bits per heavy atom. The minimum absolute atomic E-state index is 0.811. The van der Waals surface area contributed by atoms with Crippen LogP contribution in [0.2, 0.25) is 0 Å². The molecule has 70 valence electrons. The summed E-state index contributed by atoms with van der Waals surface area (Å²) >= 11 is 5.43. The van der Waals surface area contributed by atoms with Gasteiger partial charge in [0.1, 0.15) is 6.49 Å². The van der Waals surface area contributed by atoms with E-state index in [1.165, 1.54) is 0 Å². The summed E-state index contributed by atoms with van der Waals surface area (Å²) in [5.74, 6) is 0. The summed E-state index contributed by atoms with van der Waals surface area (Å²) in [4.78, 5) is 0. The molecule has 6 heteroatoms. The molecule has 0 atom stereocenters. The van der Waals surface area contributed by atoms with Crippen LogP contribution in [0.3, 0.4) is 0 Å². The van der Waals surface area contributed by atoms with Crippen LogP contribution in [-0.4, -0.2) is 53.7 Å². The van der Waals surface area contributed by atoms with E-state index in [-0.39, 0.29) is 0 Å². The number of hydrogen-bond acceptors (Lipinski definition) is 2. The average molecular weight is 211 g/mol. The van der Waals surface area contributed by atoms with E-state index in [1.807, 2.05) is 9.34 Å². The minimum Gasteiger partial charge on any atom is -0.395 e. The van der Waals surface area contributed by atoms with Crippen molar-refractivity contribution >= 4 is 18.3 Å². The Labute approximate surface area is 83.3 Å². The first-order valence-electron chi connectivity index (χ1n) is 5.79. The van der Waals surface area contributed by atoms with Crippen molar-refractivity contribution < 1.29 is 10.6 Å². The van der Waals surface area contributed by atoms with Gasteiger partial charge >= 0.3 is 0 Å². The molecular weight excluding hydrogens is 193 g/mol. The summed E-state index contributed by atoms with van der Waals surface area (Å²) in [5.41, 5.74) is 0. The highest BCUT2D eigenvalue weighted by atomic mass is 32.4. The number of hydrogen-bond donors (Lipinski definition) is 2. The molecule has 2 fully saturated rings. The lowest BCUT2D eigenvalue weighted by molar-refractivity contribution is 0.301. The van der Waals surface area contributed by atoms with Gasteiger partial charge in [-0.05, 0) is 11.8 Å². The van der Waals surface area contributed by atoms with E-state index in [1.54, 1.807) is 0 Å². The zero-order valence-corrected chi connectivity index (χ0v) is 8.24. The zero-order valence-electron chi connectivity index (χ0n) is 10.5. The monoisotopic (exact) mass is 211 g/mol. The van der Waals surface area contributed by atoms with E-state index in [4.69, 9.17) is 22.4 Å². The fourth-order valence-corrected chi connectivity index (χ4v) is 4.27. The molecule has 0 aromatic carbocycles. The Morgan fingerprint density at radius 3 is 2.25 bits per heavy atom. The van der Waals surface area contributed by atoms with Gasteiger partial charge in [0.15, 0.2) is 0 Å². The van der Waals surface area contributed by atoms with Crippen molar-refractivity contribution in [3.63, 3.8) is 0 Å². The first-order chi connectivity index (χ1) is 7.17. The zero-order chi connectivity index (χ0) is 12.2. The quantitative estimate of drug-likeness (QED) is 0.470. The summed E-state index contributed by atoms with van der Waals surface area (Å²) in [6.45, 7) is -4.62. The van der Waals surface area contributed by atoms with Crippen molar-refractivity contribution in [3.05, 3.63) is 0 Å². The lowest BCUT2D eigenvalue weighted by Gasteiger charge is -2.24. The second kappa shape index (κ2) is 3.33. The summed E-state index contributed by atoms with van der Waals surface area (Å²) < 4.78 is 33.0. The van der Waals surface area contributed by atoms with Crippen LogP contribution in [0, 0.1) is 0 Å². The van der Waals surface area contributed by atoms with E-state index in [2.05, 4.69) is 5.09 Å². The Kier molecular flexibility index (Phi) is 1.50. The predicted octanol–water partition coefficient (Wildman–Crippen LogP) is -0.576. The van der Waals surface area contributed by atoms with Gasteiger partial charge in [0.25, 0.3) is 0 Å². The second-order valence-corrected chi connectivity index (χ2v) is 6.77. The number of rotatable bonds is 5. The van der Waals surface area contributed by atoms with Crippen molar-refractivity contribution in [2.45, 2.75) is 0 Å². The van der Waals surface area contributed by atoms with Crippen LogP contribution < -0.4 is 5.09 Å². The van der Waals surface area contributed by atoms with Crippen molar-refractivity contribution in [1.82, 2.24) is 14.4 Å². The molecule has 0 aliphatic carbocycles. The van der Waals surface area contributed by atoms with Gasteiger partial charge in [-0.2, -0.15) is 0 Å². The molecule has 0 unspecified atom stereocenters. The molecule has 0 amide bonds. The maximum absolute atomic E-state index is 9.14. The molecule has 0 aromatic rings. The van der Waals surface area contributed by atoms with E-state index >= 15 is 0 Å². The lowest BCUT2D eigenvalue weighted by atomic mass is 10.8. The molecule has 0 spiro atoms. The van der Waals surface area contributed by atoms with Gasteiger partial charge in [0.2, 0.25) is 0 Å². The van der Waals surface area contributed by atoms with Gasteiger partial charge in [0.05, 0.1) is 9.30 Å². The normalized spacial score (nSPS) is 31.8. The minimum atomic E-state index is -2.94. The SMILES string of the molecule is [2H]C([2H])(O)C([2H])([2H])NP(=S)(N1CC1)N1CC1. The van der Waals surface area contributed by atoms with Crippen LogP contribution in [0.25, 0.3) is 0 Å². The summed E-state index contributed by atoms with van der Waals surface area (Å²) in [7, 11) is 0. The van der Waals surface area contributed by atoms with E-state index in [9.17, 15) is 0 Å². The molecule has 0 bridgehead atoms. The predicted molar refractivity (Wildman–Crippen MR) is 52.5 cm³/mol. The number of nitrogens with zero attached hydrogens (tertiary/aromatic N) is 2. The van der Waals surface area contributed by atoms with Gasteiger partial charge in [-0.25, -0.2) is 9.34 Å². The largest absolute Gasteiger partial charge is 0.395 e. The van der Waals surface area contributed by atoms with Crippen molar-refractivity contribution in [2.75, 3.05) is 39.2 Å². The third kappa shape index (κ3) is 1.71. The van der Waals surface area contributed by atoms with Crippen molar-refractivity contribution in [1.29, 1.82) is 0 Å². The van der Waals surface area contributed by atoms with Gasteiger partial charge in [0, 0.05) is 35.4 Å². The highest BCUT2D eigenvalue weighted by Gasteiger charge is 2.43. The maximum atomic E-state index is 9.14. The van der Waals surface area contributed by atoms with Gasteiger partial charge in [-0.3, -0.25) is 5.09 Å². The molecule has 2 aliphatic heterocycles. The van der Waals surface area contributed by atoms with Gasteiger partial charge in [-0.15, -0.1) is 0 Å². The van der Waals surface area contributed by atoms with Crippen LogP contribution in [0.4, 0.5) is 0 Å². The first-order valence-corrected chi connectivity index (χ1v) is 6.50. The summed E-state index contributed by atoms with van der Waals surface area (Å²) in [6.07, 6.45) is 0. The molecule has 2 rings (SSSR count). The Bertz CT molecular complexity index is 325. The maximum Gasteiger partial charge on any atom is 0.143 e. The van der Waals surface area contributed by atoms with Crippen LogP contribution in [0.15, 0.2) is 0 Å². The van der Waals surface area contributed by atoms with Crippen molar-refractivity contribution in [2.24, 2.45) is 0 Å². The van der Waals surface area contributed by atoms with Gasteiger partial charge in [-0.1, -0.05) is 0 Å². The summed E-state index contributed by atoms with van der Waals surface area (Å²) in [5, 5.41) is 11.7. The molecule has 2 saturated heterocycles. The van der Waals surface area contributed by atoms with Crippen LogP contribution in [0.5, 0.6) is 0 Å². The second-order valence-electron chi connectivity index (χ2n) is 2.80. The molecule has 2 heterocycles. The first kappa shape index (κ1) is 5.39. The highest BCUT2D eigenvalue weighted by molar-refractivity contribution is 8.11. The molecule has 0 aromatic heterocycles. The lowest BCUT2D eigenvalue weighted by Crippen LogP contribution is -2.23. The third-order valence-electron chi connectivity index (χ3n) is 1.87. The van der Waals surface area contributed by atoms with Crippen LogP contribution in [0.1, 0.15) is 5.48 Å². The van der Waals surface area contributed by atoms with E-state index < -0.39 is 19.5 Å². The van der Waals surface area contributed by atoms with Gasteiger partial charge < -0.3 is 5.11 Å². The molecule has 12 heavy (non-hydrogen) atoms. The van der Waals surface area contributed by atoms with Crippen LogP contribution in [-0.2, 0) is 11.8 Å². The van der Waals surface area contributed by atoms with E-state index in [0.29, 0.717) is 0 Å². The highest BCUT2D eigenvalue weighted by Crippen LogP contribution is 2.56. The molecule has 0 saturated carbocycles. The smallest absolute Gasteiger partial charge is 0.143 e.